The Bertz CT molecular complexity index is 745. The van der Waals surface area contributed by atoms with Crippen LogP contribution in [0.4, 0.5) is 11.5 Å². The van der Waals surface area contributed by atoms with Crippen molar-refractivity contribution < 1.29 is 14.1 Å². The average molecular weight is 298 g/mol. The Morgan fingerprint density at radius 2 is 2.14 bits per heavy atom. The summed E-state index contributed by atoms with van der Waals surface area (Å²) in [6.07, 6.45) is 0. The molecule has 2 aromatic rings. The van der Waals surface area contributed by atoms with Gasteiger partial charge < -0.3 is 9.84 Å². The number of nitrogens with zero attached hydrogens (tertiary/aromatic N) is 3. The highest BCUT2D eigenvalue weighted by Gasteiger charge is 2.19. The third-order valence-electron chi connectivity index (χ3n) is 2.90. The fraction of sp³-hybridized carbons (Fsp3) is 0.200. The number of anilines is 2. The summed E-state index contributed by atoms with van der Waals surface area (Å²) >= 11 is 0. The van der Waals surface area contributed by atoms with E-state index in [9.17, 15) is 9.59 Å². The molecule has 0 atom stereocenters. The molecule has 0 aliphatic carbocycles. The monoisotopic (exact) mass is 298 g/mol. The second-order valence-electron chi connectivity index (χ2n) is 4.61. The lowest BCUT2D eigenvalue weighted by molar-refractivity contribution is -0.120. The number of nitriles is 1. The predicted molar refractivity (Wildman–Crippen MR) is 79.1 cm³/mol. The van der Waals surface area contributed by atoms with Crippen LogP contribution in [0.2, 0.25) is 0 Å². The first-order valence-electron chi connectivity index (χ1n) is 6.51. The molecule has 0 saturated heterocycles. The average Bonchev–Trinajstić information content (AvgIpc) is 2.91. The second kappa shape index (κ2) is 6.54. The van der Waals surface area contributed by atoms with Crippen molar-refractivity contribution in [2.45, 2.75) is 13.8 Å². The molecule has 1 heterocycles. The van der Waals surface area contributed by atoms with Crippen molar-refractivity contribution in [2.75, 3.05) is 16.8 Å². The standard InChI is InChI=1S/C15H14N4O3/c1-10-7-14(18-22-10)19(11(2)20)9-15(21)17-13-6-4-3-5-12(13)8-16/h3-7H,9H2,1-2H3,(H,17,21). The van der Waals surface area contributed by atoms with Crippen LogP contribution in [0.1, 0.15) is 18.2 Å². The van der Waals surface area contributed by atoms with Crippen LogP contribution in [0.25, 0.3) is 0 Å². The second-order valence-corrected chi connectivity index (χ2v) is 4.61. The zero-order chi connectivity index (χ0) is 16.1. The molecule has 1 aromatic carbocycles. The van der Waals surface area contributed by atoms with Gasteiger partial charge in [-0.15, -0.1) is 0 Å². The minimum atomic E-state index is -0.432. The largest absolute Gasteiger partial charge is 0.360 e. The van der Waals surface area contributed by atoms with Gasteiger partial charge in [-0.2, -0.15) is 5.26 Å². The number of aryl methyl sites for hydroxylation is 1. The van der Waals surface area contributed by atoms with E-state index in [-0.39, 0.29) is 18.3 Å². The number of hydrogen-bond acceptors (Lipinski definition) is 5. The van der Waals surface area contributed by atoms with Gasteiger partial charge in [0, 0.05) is 13.0 Å². The maximum absolute atomic E-state index is 12.1. The van der Waals surface area contributed by atoms with Gasteiger partial charge in [-0.05, 0) is 19.1 Å². The molecule has 112 valence electrons. The Morgan fingerprint density at radius 3 is 2.73 bits per heavy atom. The van der Waals surface area contributed by atoms with E-state index in [1.165, 1.54) is 11.8 Å². The maximum Gasteiger partial charge on any atom is 0.244 e. The minimum Gasteiger partial charge on any atom is -0.360 e. The van der Waals surface area contributed by atoms with Crippen LogP contribution in [0.5, 0.6) is 0 Å². The quantitative estimate of drug-likeness (QED) is 0.928. The topological polar surface area (TPSA) is 99.2 Å². The van der Waals surface area contributed by atoms with Crippen molar-refractivity contribution in [3.63, 3.8) is 0 Å². The summed E-state index contributed by atoms with van der Waals surface area (Å²) in [4.78, 5) is 25.0. The molecule has 0 bridgehead atoms. The lowest BCUT2D eigenvalue weighted by Crippen LogP contribution is -2.37. The van der Waals surface area contributed by atoms with Crippen LogP contribution in [0.3, 0.4) is 0 Å². The third kappa shape index (κ3) is 3.49. The molecule has 2 amide bonds. The van der Waals surface area contributed by atoms with Gasteiger partial charge in [-0.3, -0.25) is 14.5 Å². The van der Waals surface area contributed by atoms with Gasteiger partial charge in [-0.1, -0.05) is 17.3 Å². The Morgan fingerprint density at radius 1 is 1.41 bits per heavy atom. The molecular weight excluding hydrogens is 284 g/mol. The van der Waals surface area contributed by atoms with Crippen LogP contribution < -0.4 is 10.2 Å². The van der Waals surface area contributed by atoms with E-state index in [2.05, 4.69) is 10.5 Å². The SMILES string of the molecule is CC(=O)N(CC(=O)Nc1ccccc1C#N)c1cc(C)on1. The highest BCUT2D eigenvalue weighted by Crippen LogP contribution is 2.16. The Labute approximate surface area is 127 Å². The smallest absolute Gasteiger partial charge is 0.244 e. The van der Waals surface area contributed by atoms with Crippen LogP contribution in [0.15, 0.2) is 34.9 Å². The maximum atomic E-state index is 12.1. The number of benzene rings is 1. The van der Waals surface area contributed by atoms with E-state index < -0.39 is 5.91 Å². The van der Waals surface area contributed by atoms with Gasteiger partial charge >= 0.3 is 0 Å². The van der Waals surface area contributed by atoms with Crippen molar-refractivity contribution >= 4 is 23.3 Å². The molecule has 0 radical (unpaired) electrons. The molecule has 7 heteroatoms. The zero-order valence-corrected chi connectivity index (χ0v) is 12.2. The van der Waals surface area contributed by atoms with Crippen molar-refractivity contribution in [1.29, 1.82) is 5.26 Å². The highest BCUT2D eigenvalue weighted by molar-refractivity contribution is 6.01. The summed E-state index contributed by atoms with van der Waals surface area (Å²) in [5, 5.41) is 15.3. The molecule has 1 N–H and O–H groups in total. The van der Waals surface area contributed by atoms with Crippen molar-refractivity contribution in [1.82, 2.24) is 5.16 Å². The zero-order valence-electron chi connectivity index (χ0n) is 12.2. The number of para-hydroxylation sites is 1. The first-order valence-corrected chi connectivity index (χ1v) is 6.51. The Hall–Kier alpha value is -3.14. The van der Waals surface area contributed by atoms with Crippen molar-refractivity contribution in [3.8, 4) is 6.07 Å². The van der Waals surface area contributed by atoms with E-state index >= 15 is 0 Å². The van der Waals surface area contributed by atoms with Gasteiger partial charge in [0.1, 0.15) is 18.4 Å². The molecule has 7 nitrogen and oxygen atoms in total. The number of hydrogen-bond donors (Lipinski definition) is 1. The van der Waals surface area contributed by atoms with Gasteiger partial charge in [0.15, 0.2) is 5.82 Å². The Balaban J connectivity index is 2.12. The number of carbonyl (C=O) groups excluding carboxylic acids is 2. The van der Waals surface area contributed by atoms with Crippen LogP contribution >= 0.6 is 0 Å². The highest BCUT2D eigenvalue weighted by atomic mass is 16.5. The van der Waals surface area contributed by atoms with E-state index in [0.29, 0.717) is 17.0 Å². The number of amides is 2. The summed E-state index contributed by atoms with van der Waals surface area (Å²) in [5.41, 5.74) is 0.748. The van der Waals surface area contributed by atoms with Crippen LogP contribution in [-0.4, -0.2) is 23.5 Å². The lowest BCUT2D eigenvalue weighted by atomic mass is 10.2. The molecule has 0 aliphatic heterocycles. The fourth-order valence-electron chi connectivity index (χ4n) is 1.86. The summed E-state index contributed by atoms with van der Waals surface area (Å²) in [6.45, 7) is 2.81. The van der Waals surface area contributed by atoms with Crippen molar-refractivity contribution in [3.05, 3.63) is 41.7 Å². The molecule has 0 unspecified atom stereocenters. The summed E-state index contributed by atoms with van der Waals surface area (Å²) in [6, 6.07) is 10.2. The molecule has 2 rings (SSSR count). The number of nitrogens with one attached hydrogen (secondary N) is 1. The molecule has 0 saturated carbocycles. The van der Waals surface area contributed by atoms with Gasteiger partial charge in [0.2, 0.25) is 11.8 Å². The third-order valence-corrected chi connectivity index (χ3v) is 2.90. The first kappa shape index (κ1) is 15.3. The first-order chi connectivity index (χ1) is 10.5. The van der Waals surface area contributed by atoms with Crippen LogP contribution in [-0.2, 0) is 9.59 Å². The number of aromatic nitrogens is 1. The van der Waals surface area contributed by atoms with E-state index in [1.54, 1.807) is 37.3 Å². The van der Waals surface area contributed by atoms with Gasteiger partial charge in [-0.25, -0.2) is 0 Å². The summed E-state index contributed by atoms with van der Waals surface area (Å²) in [5.74, 6) is 0.0424. The van der Waals surface area contributed by atoms with Crippen molar-refractivity contribution in [2.24, 2.45) is 0 Å². The minimum absolute atomic E-state index is 0.221. The fourth-order valence-corrected chi connectivity index (χ4v) is 1.86. The predicted octanol–water partition coefficient (Wildman–Crippen LogP) is 1.85. The molecular formula is C15H14N4O3. The van der Waals surface area contributed by atoms with E-state index in [1.807, 2.05) is 6.07 Å². The molecule has 22 heavy (non-hydrogen) atoms. The number of rotatable bonds is 4. The van der Waals surface area contributed by atoms with Gasteiger partial charge in [0.25, 0.3) is 0 Å². The number of carbonyl (C=O) groups is 2. The van der Waals surface area contributed by atoms with E-state index in [4.69, 9.17) is 9.78 Å². The normalized spacial score (nSPS) is 9.86. The Kier molecular flexibility index (Phi) is 4.53. The van der Waals surface area contributed by atoms with Crippen LogP contribution in [0, 0.1) is 18.3 Å². The molecule has 0 spiro atoms. The lowest BCUT2D eigenvalue weighted by Gasteiger charge is -2.17. The van der Waals surface area contributed by atoms with E-state index in [0.717, 1.165) is 0 Å². The molecule has 1 aromatic heterocycles. The van der Waals surface area contributed by atoms with Gasteiger partial charge in [0.05, 0.1) is 11.3 Å². The molecule has 0 aliphatic rings. The summed E-state index contributed by atoms with van der Waals surface area (Å²) < 4.78 is 4.91. The molecule has 0 fully saturated rings. The summed E-state index contributed by atoms with van der Waals surface area (Å²) in [7, 11) is 0.